The van der Waals surface area contributed by atoms with E-state index in [1.54, 1.807) is 19.9 Å². The smallest absolute Gasteiger partial charge is 0.416 e. The van der Waals surface area contributed by atoms with Gasteiger partial charge in [-0.15, -0.1) is 0 Å². The Morgan fingerprint density at radius 3 is 2.45 bits per heavy atom. The number of carbonyl (C=O) groups is 1. The second-order valence-corrected chi connectivity index (χ2v) is 8.00. The molecule has 2 aromatic rings. The SMILES string of the molecule is CCNC(=O)CN(c1cccc(C(F)(F)F)c1)S(=O)(=O)c1cc(C)ccc1OC. The van der Waals surface area contributed by atoms with E-state index < -0.39 is 34.2 Å². The molecule has 0 aliphatic heterocycles. The van der Waals surface area contributed by atoms with E-state index in [-0.39, 0.29) is 22.9 Å². The van der Waals surface area contributed by atoms with Gasteiger partial charge in [-0.2, -0.15) is 13.2 Å². The van der Waals surface area contributed by atoms with Crippen LogP contribution in [0, 0.1) is 6.92 Å². The van der Waals surface area contributed by atoms with Crippen molar-refractivity contribution in [3.63, 3.8) is 0 Å². The summed E-state index contributed by atoms with van der Waals surface area (Å²) in [6, 6.07) is 8.23. The summed E-state index contributed by atoms with van der Waals surface area (Å²) in [7, 11) is -3.14. The molecule has 0 saturated carbocycles. The van der Waals surface area contributed by atoms with Crippen molar-refractivity contribution in [1.29, 1.82) is 0 Å². The predicted molar refractivity (Wildman–Crippen MR) is 102 cm³/mol. The van der Waals surface area contributed by atoms with E-state index in [2.05, 4.69) is 5.32 Å². The van der Waals surface area contributed by atoms with E-state index in [1.165, 1.54) is 25.3 Å². The Morgan fingerprint density at radius 2 is 1.86 bits per heavy atom. The Labute approximate surface area is 167 Å². The molecule has 29 heavy (non-hydrogen) atoms. The maximum Gasteiger partial charge on any atom is 0.416 e. The van der Waals surface area contributed by atoms with Gasteiger partial charge in [0.25, 0.3) is 10.0 Å². The van der Waals surface area contributed by atoms with Crippen LogP contribution in [0.2, 0.25) is 0 Å². The zero-order valence-electron chi connectivity index (χ0n) is 16.1. The molecule has 0 atom stereocenters. The number of rotatable bonds is 7. The molecule has 158 valence electrons. The molecule has 0 bridgehead atoms. The van der Waals surface area contributed by atoms with Gasteiger partial charge in [-0.1, -0.05) is 12.1 Å². The van der Waals surface area contributed by atoms with Gasteiger partial charge in [0.2, 0.25) is 5.91 Å². The van der Waals surface area contributed by atoms with Crippen LogP contribution in [0.3, 0.4) is 0 Å². The molecule has 0 unspecified atom stereocenters. The zero-order chi connectivity index (χ0) is 21.8. The Bertz CT molecular complexity index is 991. The van der Waals surface area contributed by atoms with Crippen LogP contribution >= 0.6 is 0 Å². The molecule has 0 aliphatic carbocycles. The topological polar surface area (TPSA) is 75.7 Å². The first-order valence-corrected chi connectivity index (χ1v) is 10.1. The highest BCUT2D eigenvalue weighted by atomic mass is 32.2. The highest BCUT2D eigenvalue weighted by Crippen LogP contribution is 2.35. The maximum atomic E-state index is 13.4. The number of sulfonamides is 1. The van der Waals surface area contributed by atoms with E-state index >= 15 is 0 Å². The summed E-state index contributed by atoms with van der Waals surface area (Å²) < 4.78 is 71.9. The summed E-state index contributed by atoms with van der Waals surface area (Å²) in [4.78, 5) is 11.9. The highest BCUT2D eigenvalue weighted by Gasteiger charge is 2.34. The third-order valence-electron chi connectivity index (χ3n) is 4.01. The summed E-state index contributed by atoms with van der Waals surface area (Å²) in [5.41, 5.74) is -0.705. The maximum absolute atomic E-state index is 13.4. The van der Waals surface area contributed by atoms with Gasteiger partial charge in [-0.25, -0.2) is 8.42 Å². The van der Waals surface area contributed by atoms with Crippen molar-refractivity contribution >= 4 is 21.6 Å². The second kappa shape index (κ2) is 8.73. The van der Waals surface area contributed by atoms with Crippen molar-refractivity contribution in [2.45, 2.75) is 24.9 Å². The number of alkyl halides is 3. The molecule has 0 aromatic heterocycles. The van der Waals surface area contributed by atoms with Crippen LogP contribution in [0.1, 0.15) is 18.1 Å². The molecule has 1 N–H and O–H groups in total. The molecule has 1 amide bonds. The number of benzene rings is 2. The number of nitrogens with one attached hydrogen (secondary N) is 1. The van der Waals surface area contributed by atoms with Crippen molar-refractivity contribution < 1.29 is 31.1 Å². The molecule has 0 aliphatic rings. The van der Waals surface area contributed by atoms with E-state index in [4.69, 9.17) is 4.74 Å². The number of anilines is 1. The lowest BCUT2D eigenvalue weighted by Gasteiger charge is -2.25. The summed E-state index contributed by atoms with van der Waals surface area (Å²) in [6.07, 6.45) is -4.67. The minimum Gasteiger partial charge on any atom is -0.495 e. The van der Waals surface area contributed by atoms with Gasteiger partial charge >= 0.3 is 6.18 Å². The van der Waals surface area contributed by atoms with Crippen molar-refractivity contribution in [3.8, 4) is 5.75 Å². The Balaban J connectivity index is 2.66. The fraction of sp³-hybridized carbons (Fsp3) is 0.316. The van der Waals surface area contributed by atoms with Crippen LogP contribution in [0.25, 0.3) is 0 Å². The van der Waals surface area contributed by atoms with Crippen LogP contribution in [0.5, 0.6) is 5.75 Å². The number of halogens is 3. The molecule has 0 spiro atoms. The largest absolute Gasteiger partial charge is 0.495 e. The van der Waals surface area contributed by atoms with Crippen molar-refractivity contribution in [2.24, 2.45) is 0 Å². The number of carbonyl (C=O) groups excluding carboxylic acids is 1. The number of hydrogen-bond donors (Lipinski definition) is 1. The lowest BCUT2D eigenvalue weighted by atomic mass is 10.2. The molecule has 2 aromatic carbocycles. The Morgan fingerprint density at radius 1 is 1.17 bits per heavy atom. The second-order valence-electron chi connectivity index (χ2n) is 6.17. The molecular formula is C19H21F3N2O4S. The monoisotopic (exact) mass is 430 g/mol. The third kappa shape index (κ3) is 5.20. The van der Waals surface area contributed by atoms with E-state index in [0.29, 0.717) is 15.9 Å². The minimum atomic E-state index is -4.67. The molecule has 2 rings (SSSR count). The first kappa shape index (κ1) is 22.5. The summed E-state index contributed by atoms with van der Waals surface area (Å²) >= 11 is 0. The number of hydrogen-bond acceptors (Lipinski definition) is 4. The van der Waals surface area contributed by atoms with Crippen molar-refractivity contribution in [2.75, 3.05) is 24.5 Å². The van der Waals surface area contributed by atoms with Gasteiger partial charge < -0.3 is 10.1 Å². The molecule has 0 saturated heterocycles. The minimum absolute atomic E-state index is 0.0171. The molecule has 0 radical (unpaired) electrons. The van der Waals surface area contributed by atoms with Crippen LogP contribution in [0.4, 0.5) is 18.9 Å². The van der Waals surface area contributed by atoms with Gasteiger partial charge in [0.1, 0.15) is 17.2 Å². The quantitative estimate of drug-likeness (QED) is 0.731. The zero-order valence-corrected chi connectivity index (χ0v) is 16.9. The Hall–Kier alpha value is -2.75. The van der Waals surface area contributed by atoms with Gasteiger partial charge in [0, 0.05) is 6.54 Å². The number of ether oxygens (including phenoxy) is 1. The summed E-state index contributed by atoms with van der Waals surface area (Å²) in [5, 5.41) is 2.46. The lowest BCUT2D eigenvalue weighted by molar-refractivity contribution is -0.137. The first-order valence-electron chi connectivity index (χ1n) is 8.62. The van der Waals surface area contributed by atoms with Gasteiger partial charge in [-0.05, 0) is 49.7 Å². The fourth-order valence-electron chi connectivity index (χ4n) is 2.64. The standard InChI is InChI=1S/C19H21F3N2O4S/c1-4-23-18(25)12-24(15-7-5-6-14(11-15)19(20,21)22)29(26,27)17-10-13(2)8-9-16(17)28-3/h5-11H,4,12H2,1-3H3,(H,23,25). The molecular weight excluding hydrogens is 409 g/mol. The molecule has 0 heterocycles. The van der Waals surface area contributed by atoms with Crippen molar-refractivity contribution in [1.82, 2.24) is 5.32 Å². The molecule has 10 heteroatoms. The van der Waals surface area contributed by atoms with Crippen LogP contribution in [-0.4, -0.2) is 34.5 Å². The number of methoxy groups -OCH3 is 1. The van der Waals surface area contributed by atoms with E-state index in [9.17, 15) is 26.4 Å². The first-order chi connectivity index (χ1) is 13.5. The number of likely N-dealkylation sites (N-methyl/N-ethyl adjacent to an activating group) is 1. The summed E-state index contributed by atoms with van der Waals surface area (Å²) in [5.74, 6) is -0.636. The molecule has 0 fully saturated rings. The average Bonchev–Trinajstić information content (AvgIpc) is 2.65. The Kier molecular flexibility index (Phi) is 6.78. The van der Waals surface area contributed by atoms with Crippen LogP contribution in [-0.2, 0) is 21.0 Å². The molecule has 6 nitrogen and oxygen atoms in total. The number of nitrogens with zero attached hydrogens (tertiary/aromatic N) is 1. The predicted octanol–water partition coefficient (Wildman–Crippen LogP) is 3.35. The van der Waals surface area contributed by atoms with E-state index in [1.807, 2.05) is 0 Å². The van der Waals surface area contributed by atoms with E-state index in [0.717, 1.165) is 12.1 Å². The average molecular weight is 430 g/mol. The fourth-order valence-corrected chi connectivity index (χ4v) is 4.30. The van der Waals surface area contributed by atoms with Crippen molar-refractivity contribution in [3.05, 3.63) is 53.6 Å². The third-order valence-corrected chi connectivity index (χ3v) is 5.80. The number of aryl methyl sites for hydroxylation is 1. The van der Waals surface area contributed by atoms with Crippen LogP contribution in [0.15, 0.2) is 47.4 Å². The summed E-state index contributed by atoms with van der Waals surface area (Å²) in [6.45, 7) is 2.86. The van der Waals surface area contributed by atoms with Gasteiger partial charge in [-0.3, -0.25) is 9.10 Å². The lowest BCUT2D eigenvalue weighted by Crippen LogP contribution is -2.41. The highest BCUT2D eigenvalue weighted by molar-refractivity contribution is 7.93. The normalized spacial score (nSPS) is 11.8. The van der Waals surface area contributed by atoms with Crippen LogP contribution < -0.4 is 14.4 Å². The number of amides is 1. The van der Waals surface area contributed by atoms with Gasteiger partial charge in [0.15, 0.2) is 0 Å². The van der Waals surface area contributed by atoms with Gasteiger partial charge in [0.05, 0.1) is 18.4 Å².